The van der Waals surface area contributed by atoms with Crippen molar-refractivity contribution in [2.75, 3.05) is 25.0 Å². The standard InChI is InChI=1S/C13H16N6/c14-4-9-18-7-2-11(3-8-18)17-13-12-1-5-16-19(12)10-6-15-13/h1,5-6,10-11H,2-3,7-9H2,(H,15,17). The Bertz CT molecular complexity index is 590. The molecule has 3 rings (SSSR count). The van der Waals surface area contributed by atoms with Crippen LogP contribution in [-0.4, -0.2) is 45.2 Å². The molecule has 0 unspecified atom stereocenters. The molecule has 0 amide bonds. The van der Waals surface area contributed by atoms with Crippen molar-refractivity contribution in [2.45, 2.75) is 18.9 Å². The van der Waals surface area contributed by atoms with Gasteiger partial charge in [0.25, 0.3) is 0 Å². The Morgan fingerprint density at radius 2 is 2.21 bits per heavy atom. The van der Waals surface area contributed by atoms with Crippen LogP contribution in [0.3, 0.4) is 0 Å². The number of piperidine rings is 1. The summed E-state index contributed by atoms with van der Waals surface area (Å²) in [4.78, 5) is 6.58. The molecule has 2 aromatic rings. The predicted molar refractivity (Wildman–Crippen MR) is 71.7 cm³/mol. The van der Waals surface area contributed by atoms with E-state index in [0.29, 0.717) is 12.6 Å². The van der Waals surface area contributed by atoms with Crippen LogP contribution < -0.4 is 5.32 Å². The van der Waals surface area contributed by atoms with E-state index in [1.165, 1.54) is 0 Å². The number of nitrogens with one attached hydrogen (secondary N) is 1. The molecule has 6 nitrogen and oxygen atoms in total. The van der Waals surface area contributed by atoms with Crippen LogP contribution in [0.1, 0.15) is 12.8 Å². The molecule has 0 radical (unpaired) electrons. The summed E-state index contributed by atoms with van der Waals surface area (Å²) in [5.74, 6) is 0.888. The topological polar surface area (TPSA) is 69.2 Å². The third-order valence-corrected chi connectivity index (χ3v) is 3.55. The van der Waals surface area contributed by atoms with E-state index in [1.807, 2.05) is 16.8 Å². The summed E-state index contributed by atoms with van der Waals surface area (Å²) in [6, 6.07) is 4.58. The van der Waals surface area contributed by atoms with Crippen LogP contribution in [0.25, 0.3) is 5.52 Å². The van der Waals surface area contributed by atoms with Gasteiger partial charge in [0, 0.05) is 31.5 Å². The Balaban J connectivity index is 1.67. The van der Waals surface area contributed by atoms with Gasteiger partial charge in [-0.15, -0.1) is 0 Å². The van der Waals surface area contributed by atoms with Crippen molar-refractivity contribution >= 4 is 11.3 Å². The van der Waals surface area contributed by atoms with Crippen molar-refractivity contribution in [2.24, 2.45) is 0 Å². The highest BCUT2D eigenvalue weighted by molar-refractivity contribution is 5.67. The highest BCUT2D eigenvalue weighted by Gasteiger charge is 2.19. The van der Waals surface area contributed by atoms with Gasteiger partial charge >= 0.3 is 0 Å². The lowest BCUT2D eigenvalue weighted by atomic mass is 10.1. The molecule has 1 aliphatic heterocycles. The fourth-order valence-electron chi connectivity index (χ4n) is 2.50. The highest BCUT2D eigenvalue weighted by atomic mass is 15.2. The van der Waals surface area contributed by atoms with Gasteiger partial charge in [-0.25, -0.2) is 9.50 Å². The predicted octanol–water partition coefficient (Wildman–Crippen LogP) is 1.13. The lowest BCUT2D eigenvalue weighted by Gasteiger charge is -2.31. The number of rotatable bonds is 3. The van der Waals surface area contributed by atoms with Crippen molar-refractivity contribution in [1.82, 2.24) is 19.5 Å². The van der Waals surface area contributed by atoms with Crippen LogP contribution in [0.5, 0.6) is 0 Å². The molecular formula is C13H16N6. The van der Waals surface area contributed by atoms with Crippen LogP contribution in [0, 0.1) is 11.3 Å². The van der Waals surface area contributed by atoms with Gasteiger partial charge in [-0.05, 0) is 18.9 Å². The molecule has 3 heterocycles. The normalized spacial score (nSPS) is 17.4. The van der Waals surface area contributed by atoms with Gasteiger partial charge in [0.1, 0.15) is 5.52 Å². The number of hydrogen-bond acceptors (Lipinski definition) is 5. The van der Waals surface area contributed by atoms with Gasteiger partial charge in [-0.1, -0.05) is 0 Å². The molecule has 6 heteroatoms. The largest absolute Gasteiger partial charge is 0.365 e. The fraction of sp³-hybridized carbons (Fsp3) is 0.462. The Morgan fingerprint density at radius 3 is 3.00 bits per heavy atom. The Kier molecular flexibility index (Phi) is 3.29. The number of likely N-dealkylation sites (tertiary alicyclic amines) is 1. The van der Waals surface area contributed by atoms with E-state index >= 15 is 0 Å². The van der Waals surface area contributed by atoms with Gasteiger partial charge in [0.2, 0.25) is 0 Å². The number of aromatic nitrogens is 3. The van der Waals surface area contributed by atoms with E-state index in [0.717, 1.165) is 37.3 Å². The van der Waals surface area contributed by atoms with E-state index in [-0.39, 0.29) is 0 Å². The van der Waals surface area contributed by atoms with E-state index in [2.05, 4.69) is 26.4 Å². The van der Waals surface area contributed by atoms with E-state index in [9.17, 15) is 0 Å². The van der Waals surface area contributed by atoms with Crippen molar-refractivity contribution in [1.29, 1.82) is 5.26 Å². The summed E-state index contributed by atoms with van der Waals surface area (Å²) in [6.07, 6.45) is 7.46. The van der Waals surface area contributed by atoms with Crippen LogP contribution in [-0.2, 0) is 0 Å². The van der Waals surface area contributed by atoms with Crippen LogP contribution in [0.15, 0.2) is 24.7 Å². The molecule has 1 aliphatic rings. The zero-order chi connectivity index (χ0) is 13.1. The molecule has 1 N–H and O–H groups in total. The summed E-state index contributed by atoms with van der Waals surface area (Å²) in [6.45, 7) is 2.46. The smallest absolute Gasteiger partial charge is 0.152 e. The summed E-state index contributed by atoms with van der Waals surface area (Å²) in [7, 11) is 0. The fourth-order valence-corrected chi connectivity index (χ4v) is 2.50. The zero-order valence-corrected chi connectivity index (χ0v) is 10.7. The molecule has 0 spiro atoms. The first-order valence-electron chi connectivity index (χ1n) is 6.51. The average molecular weight is 256 g/mol. The maximum atomic E-state index is 8.69. The van der Waals surface area contributed by atoms with Crippen molar-refractivity contribution in [3.8, 4) is 6.07 Å². The summed E-state index contributed by atoms with van der Waals surface area (Å²) < 4.78 is 1.82. The first kappa shape index (κ1) is 11.9. The second-order valence-corrected chi connectivity index (χ2v) is 4.79. The molecule has 0 aliphatic carbocycles. The van der Waals surface area contributed by atoms with Gasteiger partial charge in [-0.2, -0.15) is 10.4 Å². The molecule has 2 aromatic heterocycles. The molecule has 1 saturated heterocycles. The van der Waals surface area contributed by atoms with E-state index in [4.69, 9.17) is 5.26 Å². The maximum absolute atomic E-state index is 8.69. The van der Waals surface area contributed by atoms with E-state index in [1.54, 1.807) is 12.4 Å². The third kappa shape index (κ3) is 2.51. The van der Waals surface area contributed by atoms with Crippen molar-refractivity contribution < 1.29 is 0 Å². The number of hydrogen-bond donors (Lipinski definition) is 1. The molecule has 0 bridgehead atoms. The first-order chi connectivity index (χ1) is 9.36. The minimum atomic E-state index is 0.420. The number of fused-ring (bicyclic) bond motifs is 1. The molecule has 0 aromatic carbocycles. The molecule has 0 atom stereocenters. The van der Waals surface area contributed by atoms with Crippen molar-refractivity contribution in [3.63, 3.8) is 0 Å². The minimum Gasteiger partial charge on any atom is -0.365 e. The van der Waals surface area contributed by atoms with E-state index < -0.39 is 0 Å². The van der Waals surface area contributed by atoms with Crippen LogP contribution in [0.4, 0.5) is 5.82 Å². The third-order valence-electron chi connectivity index (χ3n) is 3.55. The number of anilines is 1. The Morgan fingerprint density at radius 1 is 1.37 bits per heavy atom. The van der Waals surface area contributed by atoms with Gasteiger partial charge in [-0.3, -0.25) is 4.90 Å². The second-order valence-electron chi connectivity index (χ2n) is 4.79. The van der Waals surface area contributed by atoms with Crippen LogP contribution in [0.2, 0.25) is 0 Å². The van der Waals surface area contributed by atoms with Crippen molar-refractivity contribution in [3.05, 3.63) is 24.7 Å². The maximum Gasteiger partial charge on any atom is 0.152 e. The number of nitriles is 1. The summed E-state index contributed by atoms with van der Waals surface area (Å²) >= 11 is 0. The number of nitrogens with zero attached hydrogens (tertiary/aromatic N) is 5. The van der Waals surface area contributed by atoms with Gasteiger partial charge in [0.05, 0.1) is 18.8 Å². The SMILES string of the molecule is N#CCN1CCC(Nc2nccn3nccc23)CC1. The summed E-state index contributed by atoms with van der Waals surface area (Å²) in [5.41, 5.74) is 1.00. The highest BCUT2D eigenvalue weighted by Crippen LogP contribution is 2.18. The Hall–Kier alpha value is -2.13. The van der Waals surface area contributed by atoms with Crippen LogP contribution >= 0.6 is 0 Å². The first-order valence-corrected chi connectivity index (χ1v) is 6.51. The second kappa shape index (κ2) is 5.24. The monoisotopic (exact) mass is 256 g/mol. The van der Waals surface area contributed by atoms with Gasteiger partial charge < -0.3 is 5.32 Å². The molecule has 1 fully saturated rings. The minimum absolute atomic E-state index is 0.420. The average Bonchev–Trinajstić information content (AvgIpc) is 2.91. The molecule has 0 saturated carbocycles. The molecule has 19 heavy (non-hydrogen) atoms. The lowest BCUT2D eigenvalue weighted by Crippen LogP contribution is -2.39. The summed E-state index contributed by atoms with van der Waals surface area (Å²) in [5, 5.41) is 16.4. The quantitative estimate of drug-likeness (QED) is 0.834. The molecule has 98 valence electrons. The van der Waals surface area contributed by atoms with Gasteiger partial charge in [0.15, 0.2) is 5.82 Å². The molecular weight excluding hydrogens is 240 g/mol. The zero-order valence-electron chi connectivity index (χ0n) is 10.7. The Labute approximate surface area is 111 Å². The lowest BCUT2D eigenvalue weighted by molar-refractivity contribution is 0.242.